The molecule has 1 fully saturated rings. The number of ether oxygens (including phenoxy) is 1. The van der Waals surface area contributed by atoms with Crippen LogP contribution in [0.15, 0.2) is 11.1 Å². The smallest absolute Gasteiger partial charge is 0.354 e. The van der Waals surface area contributed by atoms with Gasteiger partial charge in [0.05, 0.1) is 6.61 Å². The predicted octanol–water partition coefficient (Wildman–Crippen LogP) is -3.16. The fraction of sp³-hybridized carbons (Fsp3) is 0.500. The molecule has 0 bridgehead atoms. The van der Waals surface area contributed by atoms with Gasteiger partial charge in [-0.1, -0.05) is 5.92 Å². The predicted molar refractivity (Wildman–Crippen MR) is 61.5 cm³/mol. The first-order chi connectivity index (χ1) is 8.93. The number of rotatable bonds is 2. The molecule has 0 aliphatic carbocycles. The minimum Gasteiger partial charge on any atom is -0.394 e. The summed E-state index contributed by atoms with van der Waals surface area (Å²) in [6.45, 7) is -0.577. The van der Waals surface area contributed by atoms with Crippen LogP contribution in [0.4, 0.5) is 5.95 Å². The van der Waals surface area contributed by atoms with Crippen LogP contribution >= 0.6 is 0 Å². The highest BCUT2D eigenvalue weighted by Crippen LogP contribution is 2.36. The van der Waals surface area contributed by atoms with Gasteiger partial charge in [-0.05, 0) is 0 Å². The molecule has 0 unspecified atom stereocenters. The normalized spacial score (nSPS) is 34.1. The molecule has 0 saturated carbocycles. The fourth-order valence-electron chi connectivity index (χ4n) is 1.87. The number of aliphatic hydroxyl groups is 3. The summed E-state index contributed by atoms with van der Waals surface area (Å²) in [7, 11) is 0. The van der Waals surface area contributed by atoms with Crippen molar-refractivity contribution in [3.05, 3.63) is 16.8 Å². The number of aliphatic hydroxyl groups excluding tert-OH is 2. The van der Waals surface area contributed by atoms with Crippen LogP contribution < -0.4 is 11.4 Å². The lowest BCUT2D eigenvalue weighted by Gasteiger charge is -2.25. The zero-order valence-electron chi connectivity index (χ0n) is 9.67. The van der Waals surface area contributed by atoms with Crippen molar-refractivity contribution in [2.75, 3.05) is 12.3 Å². The lowest BCUT2D eigenvalue weighted by molar-refractivity contribution is -0.0769. The van der Waals surface area contributed by atoms with Crippen LogP contribution in [-0.2, 0) is 4.74 Å². The van der Waals surface area contributed by atoms with Crippen molar-refractivity contribution in [1.29, 1.82) is 0 Å². The number of anilines is 1. The Morgan fingerprint density at radius 3 is 2.89 bits per heavy atom. The van der Waals surface area contributed by atoms with Crippen molar-refractivity contribution < 1.29 is 20.1 Å². The summed E-state index contributed by atoms with van der Waals surface area (Å²) < 4.78 is 5.99. The van der Waals surface area contributed by atoms with Crippen LogP contribution in [0.5, 0.6) is 0 Å². The van der Waals surface area contributed by atoms with Crippen LogP contribution in [0.1, 0.15) is 6.23 Å². The monoisotopic (exact) mass is 268 g/mol. The molecule has 1 aromatic heterocycles. The summed E-state index contributed by atoms with van der Waals surface area (Å²) in [5.41, 5.74) is 2.20. The van der Waals surface area contributed by atoms with E-state index in [1.807, 2.05) is 5.92 Å². The maximum atomic E-state index is 11.7. The molecule has 2 rings (SSSR count). The number of hydrogen-bond donors (Lipinski definition) is 4. The van der Waals surface area contributed by atoms with Crippen molar-refractivity contribution in [3.63, 3.8) is 0 Å². The van der Waals surface area contributed by atoms with Gasteiger partial charge in [0, 0.05) is 0 Å². The largest absolute Gasteiger partial charge is 0.394 e. The Morgan fingerprint density at radius 2 is 2.37 bits per heavy atom. The molecule has 2 heterocycles. The van der Waals surface area contributed by atoms with Gasteiger partial charge in [-0.3, -0.25) is 4.57 Å². The molecule has 102 valence electrons. The lowest BCUT2D eigenvalue weighted by Crippen LogP contribution is -2.47. The Labute approximate surface area is 107 Å². The second-order valence-electron chi connectivity index (χ2n) is 4.03. The van der Waals surface area contributed by atoms with Crippen LogP contribution in [0.25, 0.3) is 0 Å². The summed E-state index contributed by atoms with van der Waals surface area (Å²) in [5.74, 6) is 1.72. The Bertz CT molecular complexity index is 582. The second kappa shape index (κ2) is 4.60. The molecule has 1 aliphatic rings. The third-order valence-corrected chi connectivity index (χ3v) is 2.89. The van der Waals surface area contributed by atoms with Crippen LogP contribution in [0.2, 0.25) is 0 Å². The maximum absolute atomic E-state index is 11.7. The van der Waals surface area contributed by atoms with E-state index < -0.39 is 36.3 Å². The molecule has 1 saturated heterocycles. The first-order valence-corrected chi connectivity index (χ1v) is 5.29. The molecule has 1 aliphatic heterocycles. The molecule has 0 amide bonds. The molecule has 4 atom stereocenters. The van der Waals surface area contributed by atoms with E-state index in [1.54, 1.807) is 0 Å². The minimum atomic E-state index is -2.18. The number of hydrogen-bond acceptors (Lipinski definition) is 8. The van der Waals surface area contributed by atoms with Gasteiger partial charge in [0.15, 0.2) is 11.8 Å². The van der Waals surface area contributed by atoms with Gasteiger partial charge in [0.1, 0.15) is 18.5 Å². The van der Waals surface area contributed by atoms with Gasteiger partial charge in [-0.25, -0.2) is 9.78 Å². The first-order valence-electron chi connectivity index (χ1n) is 5.29. The number of nitrogen functional groups attached to an aromatic ring is 1. The van der Waals surface area contributed by atoms with E-state index in [-0.39, 0.29) is 5.95 Å². The van der Waals surface area contributed by atoms with E-state index in [2.05, 4.69) is 9.97 Å². The zero-order chi connectivity index (χ0) is 14.2. The first kappa shape index (κ1) is 13.4. The minimum absolute atomic E-state index is 0.247. The van der Waals surface area contributed by atoms with Crippen LogP contribution in [0.3, 0.4) is 0 Å². The number of aromatic nitrogens is 3. The number of terminal acetylenes is 1. The van der Waals surface area contributed by atoms with Crippen LogP contribution in [0, 0.1) is 12.3 Å². The topological polar surface area (TPSA) is 144 Å². The van der Waals surface area contributed by atoms with E-state index in [0.717, 1.165) is 10.9 Å². The van der Waals surface area contributed by atoms with E-state index in [9.17, 15) is 15.0 Å². The Kier molecular flexibility index (Phi) is 3.25. The summed E-state index contributed by atoms with van der Waals surface area (Å²) in [6.07, 6.45) is 2.06. The quantitative estimate of drug-likeness (QED) is 0.411. The molecule has 0 aromatic carbocycles. The summed E-state index contributed by atoms with van der Waals surface area (Å²) in [5, 5.41) is 29.1. The molecule has 1 aromatic rings. The Balaban J connectivity index is 2.49. The zero-order valence-corrected chi connectivity index (χ0v) is 9.67. The molecule has 5 N–H and O–H groups in total. The molecular formula is C10H12N4O5. The average Bonchev–Trinajstić information content (AvgIpc) is 2.63. The highest BCUT2D eigenvalue weighted by molar-refractivity contribution is 5.19. The summed E-state index contributed by atoms with van der Waals surface area (Å²) in [4.78, 5) is 18.6. The molecule has 19 heavy (non-hydrogen) atoms. The van der Waals surface area contributed by atoms with Gasteiger partial charge in [-0.15, -0.1) is 6.42 Å². The van der Waals surface area contributed by atoms with E-state index in [4.69, 9.17) is 22.0 Å². The standard InChI is InChI=1S/C10H12N4O5/c1-2-10(18)6(16)5(3-15)19-7(10)14-4-12-8(11)13-9(14)17/h1,4-7,15-16,18H,3H2,(H2,11,13,17)/t5-,6-,7-,10-/m1/s1. The summed E-state index contributed by atoms with van der Waals surface area (Å²) in [6, 6.07) is 0. The Hall–Kier alpha value is -1.99. The molecule has 9 nitrogen and oxygen atoms in total. The van der Waals surface area contributed by atoms with Gasteiger partial charge < -0.3 is 25.8 Å². The van der Waals surface area contributed by atoms with Crippen molar-refractivity contribution >= 4 is 5.95 Å². The van der Waals surface area contributed by atoms with Crippen molar-refractivity contribution in [3.8, 4) is 12.3 Å². The van der Waals surface area contributed by atoms with Crippen molar-refractivity contribution in [1.82, 2.24) is 14.5 Å². The highest BCUT2D eigenvalue weighted by atomic mass is 16.6. The fourth-order valence-corrected chi connectivity index (χ4v) is 1.87. The Morgan fingerprint density at radius 1 is 1.68 bits per heavy atom. The molecule has 0 radical (unpaired) electrons. The SMILES string of the molecule is C#C[C@@]1(O)[C@H](O)[C@@H](CO)O[C@H]1n1cnc(N)nc1=O. The van der Waals surface area contributed by atoms with Crippen molar-refractivity contribution in [2.24, 2.45) is 0 Å². The molecule has 9 heteroatoms. The van der Waals surface area contributed by atoms with Gasteiger partial charge in [-0.2, -0.15) is 4.98 Å². The van der Waals surface area contributed by atoms with Crippen LogP contribution in [-0.4, -0.2) is 54.3 Å². The molecule has 0 spiro atoms. The van der Waals surface area contributed by atoms with Gasteiger partial charge in [0.25, 0.3) is 0 Å². The third-order valence-electron chi connectivity index (χ3n) is 2.89. The average molecular weight is 268 g/mol. The number of nitrogens with two attached hydrogens (primary N) is 1. The maximum Gasteiger partial charge on any atom is 0.354 e. The summed E-state index contributed by atoms with van der Waals surface area (Å²) >= 11 is 0. The second-order valence-corrected chi connectivity index (χ2v) is 4.03. The molecular weight excluding hydrogens is 256 g/mol. The third kappa shape index (κ3) is 1.96. The van der Waals surface area contributed by atoms with Gasteiger partial charge >= 0.3 is 5.69 Å². The van der Waals surface area contributed by atoms with E-state index >= 15 is 0 Å². The van der Waals surface area contributed by atoms with Gasteiger partial charge in [0.2, 0.25) is 5.95 Å². The highest BCUT2D eigenvalue weighted by Gasteiger charge is 2.55. The van der Waals surface area contributed by atoms with E-state index in [1.165, 1.54) is 0 Å². The van der Waals surface area contributed by atoms with Crippen molar-refractivity contribution in [2.45, 2.75) is 24.0 Å². The van der Waals surface area contributed by atoms with E-state index in [0.29, 0.717) is 0 Å². The number of nitrogens with zero attached hydrogens (tertiary/aromatic N) is 3. The lowest BCUT2D eigenvalue weighted by atomic mass is 9.95.